The molecule has 1 aromatic rings. The third kappa shape index (κ3) is 4.18. The lowest BCUT2D eigenvalue weighted by molar-refractivity contribution is -0.153. The van der Waals surface area contributed by atoms with Gasteiger partial charge in [-0.15, -0.1) is 11.3 Å². The standard InChI is InChI=1S/C13H18ClNO3S/c1-9(7-13(2)17-5-6-18-13)8-15-12(16)10-3-4-11(14)19-10/h3-4,9H,5-8H2,1-2H3,(H,15,16). The van der Waals surface area contributed by atoms with E-state index in [-0.39, 0.29) is 11.8 Å². The van der Waals surface area contributed by atoms with Gasteiger partial charge in [0.1, 0.15) is 0 Å². The van der Waals surface area contributed by atoms with E-state index >= 15 is 0 Å². The van der Waals surface area contributed by atoms with Crippen LogP contribution < -0.4 is 5.32 Å². The van der Waals surface area contributed by atoms with E-state index in [2.05, 4.69) is 12.2 Å². The Hall–Kier alpha value is -0.620. The Labute approximate surface area is 122 Å². The molecule has 1 aromatic heterocycles. The number of ether oxygens (including phenoxy) is 2. The Morgan fingerprint density at radius 3 is 2.79 bits per heavy atom. The number of carbonyl (C=O) groups is 1. The fourth-order valence-electron chi connectivity index (χ4n) is 2.17. The smallest absolute Gasteiger partial charge is 0.261 e. The van der Waals surface area contributed by atoms with Crippen molar-refractivity contribution in [2.75, 3.05) is 19.8 Å². The van der Waals surface area contributed by atoms with Crippen molar-refractivity contribution < 1.29 is 14.3 Å². The maximum Gasteiger partial charge on any atom is 0.261 e. The number of hydrogen-bond donors (Lipinski definition) is 1. The molecule has 4 nitrogen and oxygen atoms in total. The van der Waals surface area contributed by atoms with Crippen LogP contribution in [0.4, 0.5) is 0 Å². The topological polar surface area (TPSA) is 47.6 Å². The SMILES string of the molecule is CC(CNC(=O)c1ccc(Cl)s1)CC1(C)OCCO1. The van der Waals surface area contributed by atoms with Gasteiger partial charge in [-0.25, -0.2) is 0 Å². The minimum absolute atomic E-state index is 0.0813. The van der Waals surface area contributed by atoms with Crippen molar-refractivity contribution in [3.8, 4) is 0 Å². The molecule has 0 aliphatic carbocycles. The summed E-state index contributed by atoms with van der Waals surface area (Å²) in [6, 6.07) is 3.46. The molecule has 1 fully saturated rings. The fraction of sp³-hybridized carbons (Fsp3) is 0.615. The number of thiophene rings is 1. The molecule has 1 aliphatic heterocycles. The van der Waals surface area contributed by atoms with E-state index in [0.717, 1.165) is 6.42 Å². The molecule has 19 heavy (non-hydrogen) atoms. The van der Waals surface area contributed by atoms with E-state index in [0.29, 0.717) is 29.0 Å². The number of halogens is 1. The van der Waals surface area contributed by atoms with Crippen LogP contribution in [0.25, 0.3) is 0 Å². The zero-order chi connectivity index (χ0) is 13.9. The zero-order valence-electron chi connectivity index (χ0n) is 11.1. The molecule has 0 radical (unpaired) electrons. The first-order chi connectivity index (χ1) is 8.98. The summed E-state index contributed by atoms with van der Waals surface area (Å²) >= 11 is 7.09. The van der Waals surface area contributed by atoms with Crippen LogP contribution >= 0.6 is 22.9 Å². The van der Waals surface area contributed by atoms with Crippen LogP contribution in [0, 0.1) is 5.92 Å². The van der Waals surface area contributed by atoms with Crippen molar-refractivity contribution in [2.24, 2.45) is 5.92 Å². The molecule has 1 atom stereocenters. The van der Waals surface area contributed by atoms with Gasteiger partial charge in [0.15, 0.2) is 5.79 Å². The minimum Gasteiger partial charge on any atom is -0.351 e. The predicted molar refractivity (Wildman–Crippen MR) is 75.8 cm³/mol. The molecule has 1 N–H and O–H groups in total. The molecule has 6 heteroatoms. The highest BCUT2D eigenvalue weighted by Crippen LogP contribution is 2.26. The molecule has 1 unspecified atom stereocenters. The molecule has 0 saturated carbocycles. The summed E-state index contributed by atoms with van der Waals surface area (Å²) in [4.78, 5) is 12.5. The first kappa shape index (κ1) is 14.8. The molecular weight excluding hydrogens is 286 g/mol. The van der Waals surface area contributed by atoms with E-state index in [4.69, 9.17) is 21.1 Å². The second-order valence-corrected chi connectivity index (χ2v) is 6.67. The van der Waals surface area contributed by atoms with Crippen LogP contribution in [0.5, 0.6) is 0 Å². The van der Waals surface area contributed by atoms with Crippen LogP contribution in [0.15, 0.2) is 12.1 Å². The Morgan fingerprint density at radius 1 is 1.53 bits per heavy atom. The average Bonchev–Trinajstić information content (AvgIpc) is 2.95. The van der Waals surface area contributed by atoms with Gasteiger partial charge in [0.25, 0.3) is 5.91 Å². The second-order valence-electron chi connectivity index (χ2n) is 4.95. The minimum atomic E-state index is -0.504. The molecular formula is C13H18ClNO3S. The van der Waals surface area contributed by atoms with Gasteiger partial charge >= 0.3 is 0 Å². The van der Waals surface area contributed by atoms with Gasteiger partial charge in [0.2, 0.25) is 0 Å². The highest BCUT2D eigenvalue weighted by atomic mass is 35.5. The lowest BCUT2D eigenvalue weighted by atomic mass is 10.0. The number of amides is 1. The van der Waals surface area contributed by atoms with Gasteiger partial charge < -0.3 is 14.8 Å². The summed E-state index contributed by atoms with van der Waals surface area (Å²) < 4.78 is 11.7. The monoisotopic (exact) mass is 303 g/mol. The summed E-state index contributed by atoms with van der Waals surface area (Å²) in [5, 5.41) is 2.90. The van der Waals surface area contributed by atoms with E-state index in [1.807, 2.05) is 6.92 Å². The quantitative estimate of drug-likeness (QED) is 0.910. The molecule has 106 valence electrons. The first-order valence-electron chi connectivity index (χ1n) is 6.30. The zero-order valence-corrected chi connectivity index (χ0v) is 12.6. The molecule has 2 rings (SSSR count). The Kier molecular flexibility index (Phi) is 4.84. The molecule has 1 saturated heterocycles. The van der Waals surface area contributed by atoms with Crippen molar-refractivity contribution in [1.82, 2.24) is 5.32 Å². The van der Waals surface area contributed by atoms with Crippen molar-refractivity contribution in [1.29, 1.82) is 0 Å². The van der Waals surface area contributed by atoms with Crippen LogP contribution in [0.2, 0.25) is 4.34 Å². The van der Waals surface area contributed by atoms with E-state index in [1.54, 1.807) is 12.1 Å². The molecule has 1 aliphatic rings. The number of hydrogen-bond acceptors (Lipinski definition) is 4. The summed E-state index contributed by atoms with van der Waals surface area (Å²) in [5.74, 6) is -0.305. The molecule has 0 spiro atoms. The predicted octanol–water partition coefficient (Wildman–Crippen LogP) is 2.92. The van der Waals surface area contributed by atoms with Crippen LogP contribution in [0.3, 0.4) is 0 Å². The maximum atomic E-state index is 11.9. The third-order valence-corrected chi connectivity index (χ3v) is 4.26. The molecule has 2 heterocycles. The molecule has 0 aromatic carbocycles. The van der Waals surface area contributed by atoms with Gasteiger partial charge in [-0.2, -0.15) is 0 Å². The highest BCUT2D eigenvalue weighted by molar-refractivity contribution is 7.17. The summed E-state index contributed by atoms with van der Waals surface area (Å²) in [7, 11) is 0. The lowest BCUT2D eigenvalue weighted by Gasteiger charge is -2.25. The van der Waals surface area contributed by atoms with Crippen molar-refractivity contribution in [2.45, 2.75) is 26.1 Å². The van der Waals surface area contributed by atoms with Gasteiger partial charge in [-0.05, 0) is 25.0 Å². The first-order valence-corrected chi connectivity index (χ1v) is 7.49. The van der Waals surface area contributed by atoms with Gasteiger partial charge in [-0.1, -0.05) is 18.5 Å². The van der Waals surface area contributed by atoms with E-state index < -0.39 is 5.79 Å². The average molecular weight is 304 g/mol. The highest BCUT2D eigenvalue weighted by Gasteiger charge is 2.32. The van der Waals surface area contributed by atoms with Crippen LogP contribution in [-0.4, -0.2) is 31.5 Å². The number of carbonyl (C=O) groups excluding carboxylic acids is 1. The van der Waals surface area contributed by atoms with Gasteiger partial charge in [0, 0.05) is 13.0 Å². The lowest BCUT2D eigenvalue weighted by Crippen LogP contribution is -2.34. The van der Waals surface area contributed by atoms with Gasteiger partial charge in [-0.3, -0.25) is 4.79 Å². The summed E-state index contributed by atoms with van der Waals surface area (Å²) in [6.45, 7) is 5.89. The normalized spacial score (nSPS) is 19.3. The fourth-order valence-corrected chi connectivity index (χ4v) is 3.13. The number of rotatable bonds is 5. The Balaban J connectivity index is 1.77. The Morgan fingerprint density at radius 2 is 2.21 bits per heavy atom. The Bertz CT molecular complexity index is 443. The third-order valence-electron chi connectivity index (χ3n) is 3.03. The van der Waals surface area contributed by atoms with Crippen molar-refractivity contribution in [3.63, 3.8) is 0 Å². The molecule has 1 amide bonds. The maximum absolute atomic E-state index is 11.9. The molecule has 0 bridgehead atoms. The summed E-state index contributed by atoms with van der Waals surface area (Å²) in [5.41, 5.74) is 0. The van der Waals surface area contributed by atoms with Gasteiger partial charge in [0.05, 0.1) is 22.4 Å². The van der Waals surface area contributed by atoms with Crippen molar-refractivity contribution in [3.05, 3.63) is 21.3 Å². The van der Waals surface area contributed by atoms with Crippen LogP contribution in [-0.2, 0) is 9.47 Å². The largest absolute Gasteiger partial charge is 0.351 e. The number of nitrogens with one attached hydrogen (secondary N) is 1. The van der Waals surface area contributed by atoms with Crippen LogP contribution in [0.1, 0.15) is 29.9 Å². The second kappa shape index (κ2) is 6.22. The van der Waals surface area contributed by atoms with Crippen molar-refractivity contribution >= 4 is 28.8 Å². The summed E-state index contributed by atoms with van der Waals surface area (Å²) in [6.07, 6.45) is 0.762. The van der Waals surface area contributed by atoms with E-state index in [9.17, 15) is 4.79 Å². The van der Waals surface area contributed by atoms with E-state index in [1.165, 1.54) is 11.3 Å².